The van der Waals surface area contributed by atoms with Crippen LogP contribution < -0.4 is 10.2 Å². The molecule has 7 heteroatoms. The summed E-state index contributed by atoms with van der Waals surface area (Å²) in [5.74, 6) is 1.18. The molecular formula is C21H27N4O2S. The van der Waals surface area contributed by atoms with Crippen LogP contribution in [0, 0.1) is 18.3 Å². The maximum absolute atomic E-state index is 12.9. The number of piperidine rings is 3. The van der Waals surface area contributed by atoms with Crippen molar-refractivity contribution in [3.8, 4) is 0 Å². The Morgan fingerprint density at radius 2 is 2.14 bits per heavy atom. The van der Waals surface area contributed by atoms with Crippen molar-refractivity contribution in [2.45, 2.75) is 25.4 Å². The fourth-order valence-corrected chi connectivity index (χ4v) is 5.64. The number of aromatic nitrogens is 1. The zero-order valence-electron chi connectivity index (χ0n) is 16.3. The molecule has 0 saturated carbocycles. The minimum atomic E-state index is -0.0610. The minimum absolute atomic E-state index is 0.0540. The van der Waals surface area contributed by atoms with E-state index in [1.165, 1.54) is 30.1 Å². The number of hydrogen-bond acceptors (Lipinski definition) is 6. The van der Waals surface area contributed by atoms with E-state index in [2.05, 4.69) is 44.1 Å². The number of anilines is 1. The van der Waals surface area contributed by atoms with Gasteiger partial charge in [0.25, 0.3) is 5.91 Å². The van der Waals surface area contributed by atoms with Gasteiger partial charge in [0.05, 0.1) is 17.5 Å². The highest BCUT2D eigenvalue weighted by atomic mass is 32.1. The number of nitrogens with one attached hydrogen (secondary N) is 1. The second-order valence-corrected chi connectivity index (χ2v) is 9.06. The molecule has 149 valence electrons. The van der Waals surface area contributed by atoms with Crippen LogP contribution in [-0.2, 0) is 4.74 Å². The summed E-state index contributed by atoms with van der Waals surface area (Å²) < 4.78 is 10.9. The molecule has 2 aromatic rings. The van der Waals surface area contributed by atoms with Crippen LogP contribution in [-0.4, -0.2) is 61.2 Å². The highest BCUT2D eigenvalue weighted by molar-refractivity contribution is 7.13. The molecule has 0 spiro atoms. The monoisotopic (exact) mass is 399 g/mol. The van der Waals surface area contributed by atoms with Gasteiger partial charge >= 0.3 is 0 Å². The van der Waals surface area contributed by atoms with E-state index < -0.39 is 0 Å². The lowest BCUT2D eigenvalue weighted by Gasteiger charge is -2.45. The number of rotatable bonds is 5. The van der Waals surface area contributed by atoms with Gasteiger partial charge in [-0.25, -0.2) is 0 Å². The Morgan fingerprint density at radius 1 is 1.29 bits per heavy atom. The second-order valence-electron chi connectivity index (χ2n) is 8.25. The summed E-state index contributed by atoms with van der Waals surface area (Å²) in [6.07, 6.45) is 5.95. The van der Waals surface area contributed by atoms with E-state index in [1.54, 1.807) is 7.11 Å². The molecule has 1 aromatic heterocycles. The number of amides is 1. The van der Waals surface area contributed by atoms with Crippen LogP contribution in [0.1, 0.15) is 29.8 Å². The molecule has 2 atom stereocenters. The molecule has 6 rings (SSSR count). The van der Waals surface area contributed by atoms with Crippen molar-refractivity contribution in [1.29, 1.82) is 0 Å². The van der Waals surface area contributed by atoms with Gasteiger partial charge in [0.1, 0.15) is 5.69 Å². The third-order valence-electron chi connectivity index (χ3n) is 6.43. The zero-order chi connectivity index (χ0) is 19.1. The van der Waals surface area contributed by atoms with Crippen molar-refractivity contribution in [3.63, 3.8) is 0 Å². The first kappa shape index (κ1) is 18.3. The molecule has 6 nitrogen and oxygen atoms in total. The standard InChI is InChI=1S/C21H27N4O2S/c1-27-13-15-6-9-25(12-15)16-2-3-17-18(11-16)28-23-20(17)21(26)22-19-10-14-4-7-24(19)8-5-14/h2-3,10-11,14-15,19H,4-9,12-13H2,1H3,(H,22,26)/t15?,19-/m0/s1. The number of ether oxygens (including phenoxy) is 1. The van der Waals surface area contributed by atoms with Gasteiger partial charge in [-0.3, -0.25) is 9.69 Å². The van der Waals surface area contributed by atoms with Crippen LogP contribution in [0.2, 0.25) is 0 Å². The minimum Gasteiger partial charge on any atom is -0.384 e. The van der Waals surface area contributed by atoms with Gasteiger partial charge in [-0.15, -0.1) is 0 Å². The Labute approximate surface area is 170 Å². The molecule has 28 heavy (non-hydrogen) atoms. The third-order valence-corrected chi connectivity index (χ3v) is 7.23. The predicted octanol–water partition coefficient (Wildman–Crippen LogP) is 2.75. The summed E-state index contributed by atoms with van der Waals surface area (Å²) in [6, 6.07) is 6.36. The van der Waals surface area contributed by atoms with Crippen molar-refractivity contribution in [2.24, 2.45) is 11.8 Å². The van der Waals surface area contributed by atoms with Gasteiger partial charge in [0, 0.05) is 56.7 Å². The van der Waals surface area contributed by atoms with Gasteiger partial charge in [0.15, 0.2) is 0 Å². The number of carbonyl (C=O) groups is 1. The fourth-order valence-electron chi connectivity index (χ4n) is 4.84. The van der Waals surface area contributed by atoms with Crippen molar-refractivity contribution in [3.05, 3.63) is 30.3 Å². The number of benzene rings is 1. The van der Waals surface area contributed by atoms with E-state index in [0.29, 0.717) is 17.5 Å². The van der Waals surface area contributed by atoms with Gasteiger partial charge < -0.3 is 15.0 Å². The summed E-state index contributed by atoms with van der Waals surface area (Å²) in [4.78, 5) is 17.6. The highest BCUT2D eigenvalue weighted by Crippen LogP contribution is 2.32. The van der Waals surface area contributed by atoms with E-state index in [9.17, 15) is 4.79 Å². The van der Waals surface area contributed by atoms with Gasteiger partial charge in [0.2, 0.25) is 0 Å². The summed E-state index contributed by atoms with van der Waals surface area (Å²) >= 11 is 1.42. The SMILES string of the molecule is COCC1CCN(c2ccc3c(C(=O)N[C@@H]4[CH]C5CCN4CC5)nsc3c2)C1. The first-order valence-corrected chi connectivity index (χ1v) is 11.0. The van der Waals surface area contributed by atoms with Crippen molar-refractivity contribution < 1.29 is 9.53 Å². The van der Waals surface area contributed by atoms with Crippen LogP contribution >= 0.6 is 11.5 Å². The molecule has 0 aliphatic carbocycles. The number of hydrogen-bond donors (Lipinski definition) is 1. The maximum Gasteiger partial charge on any atom is 0.272 e. The highest BCUT2D eigenvalue weighted by Gasteiger charge is 2.35. The summed E-state index contributed by atoms with van der Waals surface area (Å²) in [5, 5.41) is 4.14. The lowest BCUT2D eigenvalue weighted by molar-refractivity contribution is 0.0638. The molecule has 4 saturated heterocycles. The van der Waals surface area contributed by atoms with Crippen molar-refractivity contribution >= 4 is 33.2 Å². The van der Waals surface area contributed by atoms with Gasteiger partial charge in [-0.2, -0.15) is 4.37 Å². The molecule has 5 heterocycles. The van der Waals surface area contributed by atoms with E-state index >= 15 is 0 Å². The first-order valence-electron chi connectivity index (χ1n) is 10.2. The molecule has 4 aliphatic heterocycles. The van der Waals surface area contributed by atoms with Crippen LogP contribution in [0.15, 0.2) is 18.2 Å². The van der Waals surface area contributed by atoms with Crippen LogP contribution in [0.25, 0.3) is 10.1 Å². The number of fused-ring (bicyclic) bond motifs is 4. The quantitative estimate of drug-likeness (QED) is 0.838. The van der Waals surface area contributed by atoms with Gasteiger partial charge in [-0.05, 0) is 54.9 Å². The molecule has 1 unspecified atom stereocenters. The summed E-state index contributed by atoms with van der Waals surface area (Å²) in [6.45, 7) is 5.06. The summed E-state index contributed by atoms with van der Waals surface area (Å²) in [5.41, 5.74) is 1.77. The van der Waals surface area contributed by atoms with Gasteiger partial charge in [-0.1, -0.05) is 0 Å². The molecular weight excluding hydrogens is 372 g/mol. The average Bonchev–Trinajstić information content (AvgIpc) is 3.35. The van der Waals surface area contributed by atoms with E-state index in [4.69, 9.17) is 4.74 Å². The molecule has 4 fully saturated rings. The molecule has 4 aliphatic rings. The second kappa shape index (κ2) is 7.61. The molecule has 1 amide bonds. The maximum atomic E-state index is 12.9. The smallest absolute Gasteiger partial charge is 0.272 e. The zero-order valence-corrected chi connectivity index (χ0v) is 17.1. The Bertz CT molecular complexity index is 861. The van der Waals surface area contributed by atoms with Crippen molar-refractivity contribution in [2.75, 3.05) is 44.8 Å². The molecule has 1 aromatic carbocycles. The lowest BCUT2D eigenvalue weighted by atomic mass is 9.86. The Morgan fingerprint density at radius 3 is 2.89 bits per heavy atom. The Kier molecular flexibility index (Phi) is 4.99. The Balaban J connectivity index is 1.30. The number of methoxy groups -OCH3 is 1. The number of nitrogens with zero attached hydrogens (tertiary/aromatic N) is 3. The van der Waals surface area contributed by atoms with E-state index in [-0.39, 0.29) is 12.1 Å². The van der Waals surface area contributed by atoms with Crippen molar-refractivity contribution in [1.82, 2.24) is 14.6 Å². The number of carbonyl (C=O) groups excluding carboxylic acids is 1. The lowest BCUT2D eigenvalue weighted by Crippen LogP contribution is -2.57. The molecule has 2 bridgehead atoms. The first-order chi connectivity index (χ1) is 13.7. The average molecular weight is 400 g/mol. The normalized spacial score (nSPS) is 29.5. The van der Waals surface area contributed by atoms with Crippen LogP contribution in [0.3, 0.4) is 0 Å². The fraction of sp³-hybridized carbons (Fsp3) is 0.571. The molecule has 1 radical (unpaired) electrons. The van der Waals surface area contributed by atoms with Crippen LogP contribution in [0.4, 0.5) is 5.69 Å². The predicted molar refractivity (Wildman–Crippen MR) is 112 cm³/mol. The molecule has 1 N–H and O–H groups in total. The van der Waals surface area contributed by atoms with E-state index in [1.807, 2.05) is 0 Å². The Hall–Kier alpha value is -1.70. The topological polar surface area (TPSA) is 57.7 Å². The van der Waals surface area contributed by atoms with E-state index in [0.717, 1.165) is 49.3 Å². The third kappa shape index (κ3) is 3.40. The largest absolute Gasteiger partial charge is 0.384 e. The van der Waals surface area contributed by atoms with Crippen LogP contribution in [0.5, 0.6) is 0 Å². The summed E-state index contributed by atoms with van der Waals surface area (Å²) in [7, 11) is 1.77.